The van der Waals surface area contributed by atoms with Gasteiger partial charge < -0.3 is 18.9 Å². The topological polar surface area (TPSA) is 143 Å². The highest BCUT2D eigenvalue weighted by molar-refractivity contribution is 6.20. The number of halogens is 2. The van der Waals surface area contributed by atoms with Crippen molar-refractivity contribution >= 4 is 46.2 Å². The number of amides is 5. The van der Waals surface area contributed by atoms with Gasteiger partial charge >= 0.3 is 6.03 Å². The maximum atomic E-state index is 16.1. The number of hydrogen-bond acceptors (Lipinski definition) is 9. The first-order chi connectivity index (χ1) is 17.2. The van der Waals surface area contributed by atoms with E-state index in [2.05, 4.69) is 15.8 Å². The normalized spacial score (nSPS) is 29.4. The smallest absolute Gasteiger partial charge is 0.328 e. The van der Waals surface area contributed by atoms with Crippen molar-refractivity contribution in [1.82, 2.24) is 15.8 Å². The van der Waals surface area contributed by atoms with E-state index >= 15 is 4.39 Å². The lowest BCUT2D eigenvalue weighted by atomic mass is 9.66. The van der Waals surface area contributed by atoms with Gasteiger partial charge in [0, 0.05) is 13.0 Å². The van der Waals surface area contributed by atoms with Crippen LogP contribution < -0.4 is 20.4 Å². The molecule has 1 aromatic carbocycles. The molecule has 190 valence electrons. The van der Waals surface area contributed by atoms with E-state index in [4.69, 9.17) is 14.0 Å². The Kier molecular flexibility index (Phi) is 4.86. The highest BCUT2D eigenvalue weighted by Gasteiger charge is 2.63. The maximum Gasteiger partial charge on any atom is 0.328 e. The lowest BCUT2D eigenvalue weighted by Gasteiger charge is -2.55. The number of nitrogens with zero attached hydrogens (tertiary/aromatic N) is 3. The van der Waals surface area contributed by atoms with Crippen LogP contribution in [0.5, 0.6) is 0 Å². The first-order valence-corrected chi connectivity index (χ1v) is 11.4. The Morgan fingerprint density at radius 3 is 2.61 bits per heavy atom. The van der Waals surface area contributed by atoms with Gasteiger partial charge in [-0.3, -0.25) is 29.9 Å². The predicted octanol–water partition coefficient (Wildman–Crippen LogP) is 0.516. The number of carbonyl (C=O) groups excluding carboxylic acids is 4. The van der Waals surface area contributed by atoms with Gasteiger partial charge in [-0.25, -0.2) is 13.6 Å². The van der Waals surface area contributed by atoms with E-state index in [0.29, 0.717) is 0 Å². The minimum absolute atomic E-state index is 0.0548. The van der Waals surface area contributed by atoms with Gasteiger partial charge in [-0.05, 0) is 25.5 Å². The van der Waals surface area contributed by atoms with Gasteiger partial charge in [0.25, 0.3) is 5.91 Å². The molecule has 0 bridgehead atoms. The lowest BCUT2D eigenvalue weighted by Crippen LogP contribution is -2.75. The zero-order valence-corrected chi connectivity index (χ0v) is 19.2. The monoisotopic (exact) mass is 505 g/mol. The SMILES string of the molecule is C[C@@H]1CN2c3c(cc4c(N5C(=O)CO[C@H]5CF)noc4c3F)CC3(C(=O)NC(=O)NC3=O)[C@H]2[C@H](C)O1. The van der Waals surface area contributed by atoms with Crippen LogP contribution in [-0.2, 0) is 30.3 Å². The second-order valence-corrected chi connectivity index (χ2v) is 9.40. The number of fused-ring (bicyclic) bond motifs is 5. The zero-order valence-electron chi connectivity index (χ0n) is 19.2. The van der Waals surface area contributed by atoms with Crippen molar-refractivity contribution in [2.24, 2.45) is 5.41 Å². The summed E-state index contributed by atoms with van der Waals surface area (Å²) in [5.74, 6) is -3.17. The Morgan fingerprint density at radius 2 is 1.92 bits per heavy atom. The zero-order chi connectivity index (χ0) is 25.5. The number of nitrogens with one attached hydrogen (secondary N) is 2. The minimum Gasteiger partial charge on any atom is -0.372 e. The Morgan fingerprint density at radius 1 is 1.19 bits per heavy atom. The molecule has 2 N–H and O–H groups in total. The summed E-state index contributed by atoms with van der Waals surface area (Å²) in [5.41, 5.74) is -1.72. The fourth-order valence-corrected chi connectivity index (χ4v) is 5.95. The highest BCUT2D eigenvalue weighted by Crippen LogP contribution is 2.49. The van der Waals surface area contributed by atoms with Crippen molar-refractivity contribution in [3.8, 4) is 0 Å². The van der Waals surface area contributed by atoms with E-state index in [0.717, 1.165) is 4.90 Å². The van der Waals surface area contributed by atoms with Crippen molar-refractivity contribution < 1.29 is 42.0 Å². The third-order valence-electron chi connectivity index (χ3n) is 7.26. The third-order valence-corrected chi connectivity index (χ3v) is 7.26. The first-order valence-electron chi connectivity index (χ1n) is 11.4. The molecule has 3 saturated heterocycles. The first kappa shape index (κ1) is 22.8. The van der Waals surface area contributed by atoms with Crippen LogP contribution >= 0.6 is 0 Å². The summed E-state index contributed by atoms with van der Waals surface area (Å²) in [7, 11) is 0. The molecular weight excluding hydrogens is 484 g/mol. The summed E-state index contributed by atoms with van der Waals surface area (Å²) >= 11 is 0. The second-order valence-electron chi connectivity index (χ2n) is 9.40. The number of morpholine rings is 1. The van der Waals surface area contributed by atoms with Crippen LogP contribution in [0.15, 0.2) is 10.6 Å². The van der Waals surface area contributed by atoms with Crippen molar-refractivity contribution in [1.29, 1.82) is 0 Å². The maximum absolute atomic E-state index is 16.1. The van der Waals surface area contributed by atoms with Gasteiger partial charge in [0.05, 0.1) is 29.3 Å². The largest absolute Gasteiger partial charge is 0.372 e. The highest BCUT2D eigenvalue weighted by atomic mass is 19.1. The molecule has 5 heterocycles. The molecule has 3 fully saturated rings. The standard InChI is InChI=1S/C22H21F2N5O7/c1-8-6-28-15-10(4-22(17(28)9(2)35-8)19(31)25-21(33)26-20(22)32)3-11-16(14(15)24)36-27-18(11)29-12(30)7-34-13(29)5-23/h3,8-9,13,17H,4-7H2,1-2H3,(H2,25,26,31,32,33)/t8-,9+,13+,17-/m1/s1. The molecule has 1 spiro atoms. The fourth-order valence-electron chi connectivity index (χ4n) is 5.95. The summed E-state index contributed by atoms with van der Waals surface area (Å²) < 4.78 is 45.9. The van der Waals surface area contributed by atoms with Gasteiger partial charge in [-0.2, -0.15) is 0 Å². The summed E-state index contributed by atoms with van der Waals surface area (Å²) in [6.07, 6.45) is -2.58. The van der Waals surface area contributed by atoms with Crippen LogP contribution in [0, 0.1) is 11.2 Å². The second kappa shape index (κ2) is 7.67. The number of carbonyl (C=O) groups is 4. The molecule has 0 aliphatic carbocycles. The number of urea groups is 1. The number of benzene rings is 1. The van der Waals surface area contributed by atoms with Gasteiger partial charge in [0.15, 0.2) is 23.3 Å². The van der Waals surface area contributed by atoms with E-state index < -0.39 is 60.0 Å². The molecule has 0 saturated carbocycles. The third kappa shape index (κ3) is 2.88. The number of barbiturate groups is 1. The molecule has 4 aliphatic heterocycles. The number of rotatable bonds is 2. The molecule has 12 nitrogen and oxygen atoms in total. The summed E-state index contributed by atoms with van der Waals surface area (Å²) in [6.45, 7) is 2.20. The van der Waals surface area contributed by atoms with Gasteiger partial charge in [-0.1, -0.05) is 5.16 Å². The molecule has 0 radical (unpaired) electrons. The average molecular weight is 505 g/mol. The summed E-state index contributed by atoms with van der Waals surface area (Å²) in [4.78, 5) is 53.3. The number of anilines is 2. The van der Waals surface area contributed by atoms with Crippen LogP contribution in [0.2, 0.25) is 0 Å². The van der Waals surface area contributed by atoms with Crippen LogP contribution in [0.3, 0.4) is 0 Å². The Bertz CT molecular complexity index is 1330. The quantitative estimate of drug-likeness (QED) is 0.558. The van der Waals surface area contributed by atoms with Gasteiger partial charge in [0.2, 0.25) is 17.4 Å². The van der Waals surface area contributed by atoms with Gasteiger partial charge in [-0.15, -0.1) is 0 Å². The van der Waals surface area contributed by atoms with Crippen LogP contribution in [0.4, 0.5) is 25.1 Å². The van der Waals surface area contributed by atoms with Crippen molar-refractivity contribution in [3.63, 3.8) is 0 Å². The molecule has 4 aliphatic rings. The molecule has 5 amide bonds. The van der Waals surface area contributed by atoms with E-state index in [1.165, 1.54) is 6.07 Å². The van der Waals surface area contributed by atoms with Crippen molar-refractivity contribution in [3.05, 3.63) is 17.4 Å². The minimum atomic E-state index is -1.81. The molecule has 1 aromatic heterocycles. The molecule has 14 heteroatoms. The van der Waals surface area contributed by atoms with E-state index in [-0.39, 0.29) is 53.7 Å². The van der Waals surface area contributed by atoms with E-state index in [1.807, 2.05) is 0 Å². The predicted molar refractivity (Wildman–Crippen MR) is 116 cm³/mol. The molecule has 4 atom stereocenters. The van der Waals surface area contributed by atoms with Crippen LogP contribution in [0.1, 0.15) is 19.4 Å². The molecule has 36 heavy (non-hydrogen) atoms. The molecule has 6 rings (SSSR count). The molecule has 2 aromatic rings. The average Bonchev–Trinajstić information content (AvgIpc) is 3.39. The Labute approximate surface area is 201 Å². The number of imide groups is 2. The van der Waals surface area contributed by atoms with Crippen molar-refractivity contribution in [2.75, 3.05) is 29.6 Å². The number of ether oxygens (including phenoxy) is 2. The Balaban J connectivity index is 1.57. The molecular formula is C22H21F2N5O7. The van der Waals surface area contributed by atoms with Crippen LogP contribution in [-0.4, -0.2) is 73.2 Å². The number of aromatic nitrogens is 1. The van der Waals surface area contributed by atoms with E-state index in [1.54, 1.807) is 18.7 Å². The number of alkyl halides is 1. The lowest BCUT2D eigenvalue weighted by molar-refractivity contribution is -0.153. The van der Waals surface area contributed by atoms with Crippen LogP contribution in [0.25, 0.3) is 11.0 Å². The number of hydrogen-bond donors (Lipinski definition) is 2. The van der Waals surface area contributed by atoms with E-state index in [9.17, 15) is 23.6 Å². The van der Waals surface area contributed by atoms with Crippen molar-refractivity contribution in [2.45, 2.75) is 44.7 Å². The Hall–Kier alpha value is -3.65. The molecule has 0 unspecified atom stereocenters. The summed E-state index contributed by atoms with van der Waals surface area (Å²) in [6, 6.07) is -0.410. The van der Waals surface area contributed by atoms with Gasteiger partial charge in [0.1, 0.15) is 13.3 Å². The summed E-state index contributed by atoms with van der Waals surface area (Å²) in [5, 5.41) is 8.21. The fraction of sp³-hybridized carbons (Fsp3) is 0.500.